The molecule has 1 saturated carbocycles. The Morgan fingerprint density at radius 1 is 0.963 bits per heavy atom. The number of unbranched alkanes of at least 4 members (excludes halogenated alkanes) is 1. The van der Waals surface area contributed by atoms with Crippen molar-refractivity contribution in [2.75, 3.05) is 0 Å². The predicted octanol–water partition coefficient (Wildman–Crippen LogP) is 3.67. The fourth-order valence-corrected chi connectivity index (χ4v) is 5.13. The molecule has 3 heterocycles. The average Bonchev–Trinajstić information content (AvgIpc) is 3.30. The molecule has 0 radical (unpaired) electrons. The van der Waals surface area contributed by atoms with Crippen molar-refractivity contribution in [2.45, 2.75) is 82.2 Å². The number of rotatable bonds is 9. The Balaban J connectivity index is 1.32. The number of carboxylic acid groups (broad SMARTS) is 1. The Morgan fingerprint density at radius 2 is 1.70 bits per heavy atom. The number of carbonyl (C=O) groups is 2. The number of allylic oxidation sites excluding steroid dienone is 3. The van der Waals surface area contributed by atoms with Crippen LogP contribution in [0.1, 0.15) is 57.8 Å². The fraction of sp³-hybridized carbons (Fsp3) is 0.727. The first-order valence-corrected chi connectivity index (χ1v) is 10.5. The summed E-state index contributed by atoms with van der Waals surface area (Å²) < 4.78 is 11.9. The third kappa shape index (κ3) is 4.19. The molecule has 0 aromatic carbocycles. The first kappa shape index (κ1) is 18.9. The van der Waals surface area contributed by atoms with Crippen LogP contribution in [0.15, 0.2) is 24.3 Å². The van der Waals surface area contributed by atoms with Crippen LogP contribution in [0.25, 0.3) is 0 Å². The molecule has 3 saturated heterocycles. The molecule has 6 atom stereocenters. The van der Waals surface area contributed by atoms with Gasteiger partial charge in [0.05, 0.1) is 12.2 Å². The third-order valence-corrected chi connectivity index (χ3v) is 6.65. The highest BCUT2D eigenvalue weighted by Crippen LogP contribution is 2.55. The number of hydrogen-bond acceptors (Lipinski definition) is 4. The number of ketones is 1. The summed E-state index contributed by atoms with van der Waals surface area (Å²) in [6, 6.07) is 0. The van der Waals surface area contributed by atoms with Gasteiger partial charge in [0.25, 0.3) is 0 Å². The van der Waals surface area contributed by atoms with E-state index >= 15 is 0 Å². The van der Waals surface area contributed by atoms with Gasteiger partial charge < -0.3 is 14.6 Å². The predicted molar refractivity (Wildman–Crippen MR) is 100 cm³/mol. The SMILES string of the molecule is O=C(O)CCC/C=C\C[C@H]1[C@@H](/C=C/C(=O)C2CCCCC2)[C@@H]2O[C@H]1[C@@H]1O[C@@H]12. The number of epoxide rings is 1. The molecule has 0 aromatic rings. The Morgan fingerprint density at radius 3 is 2.48 bits per heavy atom. The minimum atomic E-state index is -0.741. The zero-order chi connectivity index (χ0) is 18.8. The second-order valence-corrected chi connectivity index (χ2v) is 8.46. The zero-order valence-corrected chi connectivity index (χ0v) is 15.8. The standard InChI is InChI=1S/C22H30O5/c23-17(14-8-4-3-5-9-14)13-12-16-15(10-6-1-2-7-11-18(24)25)19-21-22(27-21)20(16)26-19/h1,6,12-16,19-22H,2-5,7-11H2,(H,24,25)/b6-1-,13-12+/t15-,16+,19+,20-,21-,22+/m0/s1. The van der Waals surface area contributed by atoms with Crippen molar-refractivity contribution >= 4 is 11.8 Å². The van der Waals surface area contributed by atoms with Gasteiger partial charge >= 0.3 is 5.97 Å². The number of carboxylic acids is 1. The molecule has 27 heavy (non-hydrogen) atoms. The van der Waals surface area contributed by atoms with Gasteiger partial charge in [-0.2, -0.15) is 0 Å². The van der Waals surface area contributed by atoms with Crippen LogP contribution in [0.3, 0.4) is 0 Å². The zero-order valence-electron chi connectivity index (χ0n) is 15.8. The molecular formula is C22H30O5. The molecule has 4 rings (SSSR count). The van der Waals surface area contributed by atoms with Crippen LogP contribution in [-0.4, -0.2) is 41.3 Å². The van der Waals surface area contributed by atoms with Crippen molar-refractivity contribution in [2.24, 2.45) is 17.8 Å². The maximum absolute atomic E-state index is 12.5. The number of ether oxygens (including phenoxy) is 2. The van der Waals surface area contributed by atoms with Gasteiger partial charge in [0.1, 0.15) is 12.2 Å². The van der Waals surface area contributed by atoms with Crippen molar-refractivity contribution < 1.29 is 24.2 Å². The van der Waals surface area contributed by atoms with Crippen LogP contribution in [0.5, 0.6) is 0 Å². The number of carbonyl (C=O) groups excluding carboxylic acids is 1. The highest BCUT2D eigenvalue weighted by Gasteiger charge is 2.68. The third-order valence-electron chi connectivity index (χ3n) is 6.65. The van der Waals surface area contributed by atoms with Crippen LogP contribution in [0.2, 0.25) is 0 Å². The second kappa shape index (κ2) is 8.27. The fourth-order valence-electron chi connectivity index (χ4n) is 5.13. The highest BCUT2D eigenvalue weighted by atomic mass is 16.7. The summed E-state index contributed by atoms with van der Waals surface area (Å²) in [6.07, 6.45) is 17.1. The summed E-state index contributed by atoms with van der Waals surface area (Å²) in [6.45, 7) is 0. The van der Waals surface area contributed by atoms with Crippen molar-refractivity contribution in [1.82, 2.24) is 0 Å². The van der Waals surface area contributed by atoms with E-state index in [2.05, 4.69) is 18.2 Å². The molecule has 5 nitrogen and oxygen atoms in total. The van der Waals surface area contributed by atoms with Crippen LogP contribution >= 0.6 is 0 Å². The lowest BCUT2D eigenvalue weighted by molar-refractivity contribution is -0.137. The average molecular weight is 374 g/mol. The lowest BCUT2D eigenvalue weighted by Crippen LogP contribution is -2.31. The summed E-state index contributed by atoms with van der Waals surface area (Å²) in [5.74, 6) is 0.357. The minimum absolute atomic E-state index is 0.0980. The van der Waals surface area contributed by atoms with Gasteiger partial charge in [0, 0.05) is 24.2 Å². The van der Waals surface area contributed by atoms with E-state index in [4.69, 9.17) is 14.6 Å². The molecule has 0 spiro atoms. The Bertz CT molecular complexity index is 618. The largest absolute Gasteiger partial charge is 0.481 e. The molecule has 3 aliphatic heterocycles. The Kier molecular flexibility index (Phi) is 5.79. The molecule has 0 unspecified atom stereocenters. The normalized spacial score (nSPS) is 37.9. The highest BCUT2D eigenvalue weighted by molar-refractivity contribution is 5.91. The Labute approximate surface area is 160 Å². The summed E-state index contributed by atoms with van der Waals surface area (Å²) in [5.41, 5.74) is 0. The summed E-state index contributed by atoms with van der Waals surface area (Å²) in [4.78, 5) is 23.1. The van der Waals surface area contributed by atoms with Gasteiger partial charge in [-0.05, 0) is 38.2 Å². The van der Waals surface area contributed by atoms with Gasteiger partial charge in [-0.15, -0.1) is 0 Å². The van der Waals surface area contributed by atoms with Crippen LogP contribution in [0.4, 0.5) is 0 Å². The van der Waals surface area contributed by atoms with E-state index in [9.17, 15) is 9.59 Å². The van der Waals surface area contributed by atoms with Crippen LogP contribution in [0, 0.1) is 17.8 Å². The van der Waals surface area contributed by atoms with Crippen molar-refractivity contribution in [3.8, 4) is 0 Å². The number of fused-ring (bicyclic) bond motifs is 5. The van der Waals surface area contributed by atoms with E-state index in [-0.39, 0.29) is 48.5 Å². The molecule has 2 bridgehead atoms. The minimum Gasteiger partial charge on any atom is -0.481 e. The molecule has 0 amide bonds. The van der Waals surface area contributed by atoms with Gasteiger partial charge in [0.15, 0.2) is 5.78 Å². The summed E-state index contributed by atoms with van der Waals surface area (Å²) >= 11 is 0. The lowest BCUT2D eigenvalue weighted by Gasteiger charge is -2.23. The molecule has 1 aliphatic carbocycles. The molecule has 148 valence electrons. The second-order valence-electron chi connectivity index (χ2n) is 8.46. The molecule has 4 aliphatic rings. The first-order chi connectivity index (χ1) is 13.1. The molecule has 4 fully saturated rings. The van der Waals surface area contributed by atoms with Gasteiger partial charge in [0.2, 0.25) is 0 Å². The van der Waals surface area contributed by atoms with E-state index in [0.717, 1.165) is 25.7 Å². The van der Waals surface area contributed by atoms with Gasteiger partial charge in [-0.3, -0.25) is 9.59 Å². The Hall–Kier alpha value is -1.46. The van der Waals surface area contributed by atoms with E-state index in [1.807, 2.05) is 6.08 Å². The molecule has 5 heteroatoms. The van der Waals surface area contributed by atoms with E-state index in [1.165, 1.54) is 19.3 Å². The van der Waals surface area contributed by atoms with E-state index in [0.29, 0.717) is 12.3 Å². The van der Waals surface area contributed by atoms with Gasteiger partial charge in [-0.1, -0.05) is 37.5 Å². The maximum atomic E-state index is 12.5. The van der Waals surface area contributed by atoms with Gasteiger partial charge in [-0.25, -0.2) is 0 Å². The number of aliphatic carboxylic acids is 1. The topological polar surface area (TPSA) is 76.1 Å². The smallest absolute Gasteiger partial charge is 0.303 e. The molecule has 0 aromatic heterocycles. The quantitative estimate of drug-likeness (QED) is 0.288. The van der Waals surface area contributed by atoms with Crippen molar-refractivity contribution in [3.05, 3.63) is 24.3 Å². The number of hydrogen-bond donors (Lipinski definition) is 1. The summed E-state index contributed by atoms with van der Waals surface area (Å²) in [5, 5.41) is 8.69. The molecular weight excluding hydrogens is 344 g/mol. The van der Waals surface area contributed by atoms with Crippen LogP contribution < -0.4 is 0 Å². The van der Waals surface area contributed by atoms with E-state index in [1.54, 1.807) is 0 Å². The summed E-state index contributed by atoms with van der Waals surface area (Å²) in [7, 11) is 0. The van der Waals surface area contributed by atoms with E-state index < -0.39 is 5.97 Å². The first-order valence-electron chi connectivity index (χ1n) is 10.5. The van der Waals surface area contributed by atoms with Crippen molar-refractivity contribution in [3.63, 3.8) is 0 Å². The lowest BCUT2D eigenvalue weighted by atomic mass is 9.76. The molecule has 1 N–H and O–H groups in total. The maximum Gasteiger partial charge on any atom is 0.303 e. The van der Waals surface area contributed by atoms with Crippen molar-refractivity contribution in [1.29, 1.82) is 0 Å². The van der Waals surface area contributed by atoms with Crippen LogP contribution in [-0.2, 0) is 19.1 Å². The monoisotopic (exact) mass is 374 g/mol.